The third-order valence-corrected chi connectivity index (χ3v) is 3.97. The molecule has 0 heterocycles. The highest BCUT2D eigenvalue weighted by Gasteiger charge is 2.08. The quantitative estimate of drug-likeness (QED) is 0.576. The average molecular weight is 314 g/mol. The zero-order valence-corrected chi connectivity index (χ0v) is 11.8. The Morgan fingerprint density at radius 3 is 2.58 bits per heavy atom. The second-order valence-corrected chi connectivity index (χ2v) is 5.32. The highest BCUT2D eigenvalue weighted by Crippen LogP contribution is 2.32. The minimum Gasteiger partial charge on any atom is -0.324 e. The lowest BCUT2D eigenvalue weighted by Gasteiger charge is -2.08. The molecule has 2 nitrogen and oxygen atoms in total. The predicted octanol–water partition coefficient (Wildman–Crippen LogP) is 3.90. The van der Waals surface area contributed by atoms with Crippen molar-refractivity contribution < 1.29 is 4.79 Å². The maximum atomic E-state index is 11.7. The number of hydrogen-bond donors (Lipinski definition) is 1. The molecule has 0 aliphatic heterocycles. The molecule has 0 spiro atoms. The molecule has 0 atom stereocenters. The van der Waals surface area contributed by atoms with Crippen molar-refractivity contribution >= 4 is 43.3 Å². The van der Waals surface area contributed by atoms with Crippen LogP contribution in [0.1, 0.15) is 10.4 Å². The van der Waals surface area contributed by atoms with Gasteiger partial charge in [0.25, 0.3) is 0 Å². The first kappa shape index (κ1) is 12.3. The van der Waals surface area contributed by atoms with E-state index in [1.807, 2.05) is 30.3 Å². The number of carbonyl (C=O) groups is 1. The number of benzene rings is 3. The van der Waals surface area contributed by atoms with Gasteiger partial charge < -0.3 is 5.73 Å². The van der Waals surface area contributed by atoms with E-state index in [0.717, 1.165) is 15.2 Å². The Morgan fingerprint density at radius 1 is 1.00 bits per heavy atom. The fourth-order valence-electron chi connectivity index (χ4n) is 2.35. The molecule has 0 saturated heterocycles. The fraction of sp³-hybridized carbons (Fsp3) is 0.0625. The van der Waals surface area contributed by atoms with E-state index >= 15 is 0 Å². The second-order valence-electron chi connectivity index (χ2n) is 4.47. The van der Waals surface area contributed by atoms with Gasteiger partial charge in [0.2, 0.25) is 0 Å². The largest absolute Gasteiger partial charge is 0.324 e. The van der Waals surface area contributed by atoms with E-state index < -0.39 is 0 Å². The molecule has 94 valence electrons. The van der Waals surface area contributed by atoms with Crippen LogP contribution in [-0.2, 0) is 0 Å². The Hall–Kier alpha value is -1.71. The molecule has 0 aliphatic carbocycles. The first-order chi connectivity index (χ1) is 9.20. The highest BCUT2D eigenvalue weighted by molar-refractivity contribution is 9.10. The first-order valence-electron chi connectivity index (χ1n) is 6.05. The Bertz CT molecular complexity index is 795. The zero-order chi connectivity index (χ0) is 13.4. The molecule has 0 unspecified atom stereocenters. The number of Topliss-reactive ketones (excluding diaryl/α,β-unsaturated/α-hetero) is 1. The van der Waals surface area contributed by atoms with E-state index in [1.54, 1.807) is 0 Å². The monoisotopic (exact) mass is 313 g/mol. The standard InChI is InChI=1S/C16H12BrNO/c17-15-8-10-3-1-2-4-12(10)13-6-5-11(7-14(13)15)16(19)9-18/h1-8H,9,18H2. The van der Waals surface area contributed by atoms with Gasteiger partial charge in [0.15, 0.2) is 5.78 Å². The number of fused-ring (bicyclic) bond motifs is 3. The summed E-state index contributed by atoms with van der Waals surface area (Å²) >= 11 is 3.58. The highest BCUT2D eigenvalue weighted by atomic mass is 79.9. The number of halogens is 1. The number of carbonyl (C=O) groups excluding carboxylic acids is 1. The van der Waals surface area contributed by atoms with Gasteiger partial charge in [0.05, 0.1) is 6.54 Å². The molecular weight excluding hydrogens is 302 g/mol. The van der Waals surface area contributed by atoms with Gasteiger partial charge in [-0.3, -0.25) is 4.79 Å². The Labute approximate surface area is 119 Å². The minimum absolute atomic E-state index is 0.0384. The summed E-state index contributed by atoms with van der Waals surface area (Å²) in [5.41, 5.74) is 6.07. The van der Waals surface area contributed by atoms with E-state index in [-0.39, 0.29) is 12.3 Å². The molecule has 0 saturated carbocycles. The molecule has 3 rings (SSSR count). The Balaban J connectivity index is 2.38. The lowest BCUT2D eigenvalue weighted by atomic mass is 9.99. The van der Waals surface area contributed by atoms with Gasteiger partial charge in [0, 0.05) is 10.0 Å². The molecule has 2 N–H and O–H groups in total. The van der Waals surface area contributed by atoms with Crippen LogP contribution in [0, 0.1) is 0 Å². The van der Waals surface area contributed by atoms with Crippen molar-refractivity contribution in [1.82, 2.24) is 0 Å². The number of ketones is 1. The van der Waals surface area contributed by atoms with Crippen molar-refractivity contribution in [2.75, 3.05) is 6.54 Å². The predicted molar refractivity (Wildman–Crippen MR) is 82.5 cm³/mol. The van der Waals surface area contributed by atoms with Crippen LogP contribution in [0.3, 0.4) is 0 Å². The summed E-state index contributed by atoms with van der Waals surface area (Å²) in [6.07, 6.45) is 0. The van der Waals surface area contributed by atoms with Crippen LogP contribution < -0.4 is 5.73 Å². The van der Waals surface area contributed by atoms with Crippen molar-refractivity contribution in [3.63, 3.8) is 0 Å². The summed E-state index contributed by atoms with van der Waals surface area (Å²) in [6, 6.07) is 16.0. The molecule has 3 aromatic carbocycles. The van der Waals surface area contributed by atoms with E-state index in [4.69, 9.17) is 5.73 Å². The third kappa shape index (κ3) is 2.05. The van der Waals surface area contributed by atoms with Crippen LogP contribution in [0.4, 0.5) is 0 Å². The van der Waals surface area contributed by atoms with Gasteiger partial charge in [-0.2, -0.15) is 0 Å². The van der Waals surface area contributed by atoms with Gasteiger partial charge in [0.1, 0.15) is 0 Å². The van der Waals surface area contributed by atoms with Crippen LogP contribution in [0.25, 0.3) is 21.5 Å². The summed E-state index contributed by atoms with van der Waals surface area (Å²) < 4.78 is 0.993. The van der Waals surface area contributed by atoms with Crippen molar-refractivity contribution in [2.45, 2.75) is 0 Å². The van der Waals surface area contributed by atoms with Gasteiger partial charge in [-0.1, -0.05) is 52.3 Å². The topological polar surface area (TPSA) is 43.1 Å². The molecule has 3 heteroatoms. The van der Waals surface area contributed by atoms with Crippen LogP contribution in [-0.4, -0.2) is 12.3 Å². The summed E-state index contributed by atoms with van der Waals surface area (Å²) in [5, 5.41) is 4.55. The Kier molecular flexibility index (Phi) is 3.09. The fourth-order valence-corrected chi connectivity index (χ4v) is 2.93. The molecular formula is C16H12BrNO. The SMILES string of the molecule is NCC(=O)c1ccc2c(c1)c(Br)cc1ccccc12. The lowest BCUT2D eigenvalue weighted by molar-refractivity contribution is 0.100. The van der Waals surface area contributed by atoms with E-state index in [1.165, 1.54) is 10.8 Å². The zero-order valence-electron chi connectivity index (χ0n) is 10.2. The van der Waals surface area contributed by atoms with Gasteiger partial charge in [-0.15, -0.1) is 0 Å². The van der Waals surface area contributed by atoms with Crippen molar-refractivity contribution in [2.24, 2.45) is 5.73 Å². The molecule has 3 aromatic rings. The molecule has 19 heavy (non-hydrogen) atoms. The summed E-state index contributed by atoms with van der Waals surface area (Å²) in [5.74, 6) is -0.0399. The van der Waals surface area contributed by atoms with Crippen LogP contribution in [0.5, 0.6) is 0 Å². The van der Waals surface area contributed by atoms with Crippen molar-refractivity contribution in [3.8, 4) is 0 Å². The van der Waals surface area contributed by atoms with Crippen molar-refractivity contribution in [1.29, 1.82) is 0 Å². The van der Waals surface area contributed by atoms with E-state index in [9.17, 15) is 4.79 Å². The molecule has 0 fully saturated rings. The van der Waals surface area contributed by atoms with Crippen LogP contribution in [0.2, 0.25) is 0 Å². The van der Waals surface area contributed by atoms with E-state index in [0.29, 0.717) is 5.56 Å². The first-order valence-corrected chi connectivity index (χ1v) is 6.84. The minimum atomic E-state index is -0.0399. The molecule has 0 aromatic heterocycles. The Morgan fingerprint density at radius 2 is 1.79 bits per heavy atom. The van der Waals surface area contributed by atoms with Gasteiger partial charge >= 0.3 is 0 Å². The summed E-state index contributed by atoms with van der Waals surface area (Å²) in [6.45, 7) is 0.0384. The van der Waals surface area contributed by atoms with Crippen LogP contribution in [0.15, 0.2) is 53.0 Å². The molecule has 0 radical (unpaired) electrons. The number of hydrogen-bond acceptors (Lipinski definition) is 2. The van der Waals surface area contributed by atoms with Gasteiger partial charge in [-0.25, -0.2) is 0 Å². The number of rotatable bonds is 2. The van der Waals surface area contributed by atoms with E-state index in [2.05, 4.69) is 34.1 Å². The summed E-state index contributed by atoms with van der Waals surface area (Å²) in [7, 11) is 0. The average Bonchev–Trinajstić information content (AvgIpc) is 2.46. The molecule has 0 bridgehead atoms. The maximum absolute atomic E-state index is 11.7. The summed E-state index contributed by atoms with van der Waals surface area (Å²) in [4.78, 5) is 11.7. The molecule has 0 aliphatic rings. The number of nitrogens with two attached hydrogens (primary N) is 1. The normalized spacial score (nSPS) is 11.1. The van der Waals surface area contributed by atoms with Crippen LogP contribution >= 0.6 is 15.9 Å². The smallest absolute Gasteiger partial charge is 0.176 e. The second kappa shape index (κ2) is 4.76. The maximum Gasteiger partial charge on any atom is 0.176 e. The lowest BCUT2D eigenvalue weighted by Crippen LogP contribution is -2.13. The third-order valence-electron chi connectivity index (χ3n) is 3.32. The van der Waals surface area contributed by atoms with Gasteiger partial charge in [-0.05, 0) is 33.7 Å². The van der Waals surface area contributed by atoms with Crippen molar-refractivity contribution in [3.05, 3.63) is 58.6 Å². The molecule has 0 amide bonds.